The summed E-state index contributed by atoms with van der Waals surface area (Å²) in [5, 5.41) is 0. The molecule has 0 saturated heterocycles. The van der Waals surface area contributed by atoms with E-state index < -0.39 is 22.7 Å². The van der Waals surface area contributed by atoms with Crippen LogP contribution in [0.2, 0.25) is 0 Å². The summed E-state index contributed by atoms with van der Waals surface area (Å²) in [7, 11) is -1.09. The highest BCUT2D eigenvalue weighted by molar-refractivity contribution is 7.94. The number of aryl methyl sites for hydroxylation is 1. The number of hydrogen-bond acceptors (Lipinski definition) is 2. The van der Waals surface area contributed by atoms with Gasteiger partial charge in [-0.1, -0.05) is 48.0 Å². The summed E-state index contributed by atoms with van der Waals surface area (Å²) in [6.07, 6.45) is -4.74. The Balaban J connectivity index is 2.65. The first-order valence-corrected chi connectivity index (χ1v) is 7.89. The average Bonchev–Trinajstić information content (AvgIpc) is 2.52. The van der Waals surface area contributed by atoms with Gasteiger partial charge in [0.15, 0.2) is 0 Å². The van der Waals surface area contributed by atoms with E-state index in [9.17, 15) is 17.4 Å². The van der Waals surface area contributed by atoms with Gasteiger partial charge in [-0.15, -0.1) is 0 Å². The second-order valence-electron chi connectivity index (χ2n) is 4.81. The van der Waals surface area contributed by atoms with Gasteiger partial charge in [0.05, 0.1) is 22.8 Å². The molecule has 1 unspecified atom stereocenters. The summed E-state index contributed by atoms with van der Waals surface area (Å²) in [5.74, 6) is -1.25. The molecule has 0 aliphatic heterocycles. The Morgan fingerprint density at radius 1 is 1.00 bits per heavy atom. The van der Waals surface area contributed by atoms with Crippen LogP contribution < -0.4 is 0 Å². The van der Waals surface area contributed by atoms with Crippen molar-refractivity contribution >= 4 is 15.7 Å². The maximum Gasteiger partial charge on any atom is 0.450 e. The smallest absolute Gasteiger partial charge is 0.450 e. The Bertz CT molecular complexity index is 720. The first-order chi connectivity index (χ1) is 10.8. The van der Waals surface area contributed by atoms with Crippen molar-refractivity contribution in [2.24, 2.45) is 0 Å². The molecule has 2 aromatic rings. The van der Waals surface area contributed by atoms with Crippen LogP contribution in [0, 0.1) is 6.92 Å². The van der Waals surface area contributed by atoms with E-state index in [1.54, 1.807) is 42.5 Å². The molecular formula is C17H15F3O2S. The van der Waals surface area contributed by atoms with Crippen molar-refractivity contribution < 1.29 is 22.1 Å². The molecule has 0 saturated carbocycles. The van der Waals surface area contributed by atoms with Gasteiger partial charge in [-0.25, -0.2) is 4.21 Å². The van der Waals surface area contributed by atoms with E-state index in [4.69, 9.17) is 0 Å². The Morgan fingerprint density at radius 2 is 1.57 bits per heavy atom. The molecule has 0 N–H and O–H groups in total. The molecule has 0 fully saturated rings. The number of methoxy groups -OCH3 is 1. The summed E-state index contributed by atoms with van der Waals surface area (Å²) in [6.45, 7) is 1.84. The average molecular weight is 340 g/mol. The number of alkyl halides is 3. The van der Waals surface area contributed by atoms with E-state index >= 15 is 0 Å². The number of allylic oxidation sites excluding steroid dienone is 1. The lowest BCUT2D eigenvalue weighted by molar-refractivity contribution is -0.124. The van der Waals surface area contributed by atoms with Gasteiger partial charge < -0.3 is 4.74 Å². The highest BCUT2D eigenvalue weighted by Crippen LogP contribution is 2.36. The summed E-state index contributed by atoms with van der Waals surface area (Å²) in [5.41, 5.74) is 1.14. The fourth-order valence-corrected chi connectivity index (χ4v) is 3.37. The second-order valence-corrected chi connectivity index (χ2v) is 6.23. The SMILES string of the molecule is CO/C(=C(\c1ccccc1)S(=O)c1ccc(C)cc1)C(F)(F)F. The number of hydrogen-bond donors (Lipinski definition) is 0. The fraction of sp³-hybridized carbons (Fsp3) is 0.176. The van der Waals surface area contributed by atoms with Crippen molar-refractivity contribution in [2.45, 2.75) is 18.0 Å². The molecule has 0 spiro atoms. The molecule has 2 nitrogen and oxygen atoms in total. The molecule has 122 valence electrons. The normalized spacial score (nSPS) is 14.1. The zero-order valence-electron chi connectivity index (χ0n) is 12.6. The van der Waals surface area contributed by atoms with Crippen molar-refractivity contribution in [1.82, 2.24) is 0 Å². The van der Waals surface area contributed by atoms with Crippen LogP contribution in [-0.4, -0.2) is 17.5 Å². The Labute approximate surface area is 135 Å². The minimum absolute atomic E-state index is 0.209. The monoisotopic (exact) mass is 340 g/mol. The van der Waals surface area contributed by atoms with E-state index in [0.717, 1.165) is 12.7 Å². The lowest BCUT2D eigenvalue weighted by Gasteiger charge is -2.16. The number of ether oxygens (including phenoxy) is 1. The lowest BCUT2D eigenvalue weighted by atomic mass is 10.2. The topological polar surface area (TPSA) is 26.3 Å². The van der Waals surface area contributed by atoms with Gasteiger partial charge in [0, 0.05) is 4.90 Å². The molecule has 0 radical (unpaired) electrons. The molecule has 2 aromatic carbocycles. The molecule has 23 heavy (non-hydrogen) atoms. The predicted octanol–water partition coefficient (Wildman–Crippen LogP) is 4.68. The minimum atomic E-state index is -4.74. The minimum Gasteiger partial charge on any atom is -0.491 e. The highest BCUT2D eigenvalue weighted by atomic mass is 32.2. The zero-order chi connectivity index (χ0) is 17.0. The van der Waals surface area contributed by atoms with Gasteiger partial charge in [0.1, 0.15) is 0 Å². The second kappa shape index (κ2) is 7.00. The molecule has 0 heterocycles. The van der Waals surface area contributed by atoms with Gasteiger partial charge in [-0.2, -0.15) is 13.2 Å². The molecule has 0 aromatic heterocycles. The van der Waals surface area contributed by atoms with Crippen LogP contribution in [-0.2, 0) is 15.5 Å². The lowest BCUT2D eigenvalue weighted by Crippen LogP contribution is -2.17. The third-order valence-electron chi connectivity index (χ3n) is 3.12. The third kappa shape index (κ3) is 4.01. The number of halogens is 3. The Kier molecular flexibility index (Phi) is 5.26. The predicted molar refractivity (Wildman–Crippen MR) is 84.0 cm³/mol. The van der Waals surface area contributed by atoms with Crippen molar-refractivity contribution in [3.05, 3.63) is 71.5 Å². The number of benzene rings is 2. The fourth-order valence-electron chi connectivity index (χ4n) is 2.03. The van der Waals surface area contributed by atoms with Gasteiger partial charge in [-0.3, -0.25) is 0 Å². The van der Waals surface area contributed by atoms with Crippen molar-refractivity contribution in [3.8, 4) is 0 Å². The van der Waals surface area contributed by atoms with E-state index in [1.807, 2.05) is 6.92 Å². The first kappa shape index (κ1) is 17.3. The van der Waals surface area contributed by atoms with Crippen LogP contribution in [0.25, 0.3) is 4.91 Å². The zero-order valence-corrected chi connectivity index (χ0v) is 13.4. The van der Waals surface area contributed by atoms with Crippen molar-refractivity contribution in [1.29, 1.82) is 0 Å². The van der Waals surface area contributed by atoms with E-state index in [2.05, 4.69) is 4.74 Å². The maximum absolute atomic E-state index is 13.3. The quantitative estimate of drug-likeness (QED) is 0.756. The largest absolute Gasteiger partial charge is 0.491 e. The highest BCUT2D eigenvalue weighted by Gasteiger charge is 2.40. The molecule has 6 heteroatoms. The molecule has 0 amide bonds. The standard InChI is InChI=1S/C17H15F3O2S/c1-12-8-10-14(11-9-12)23(21)15(13-6-4-3-5-7-13)16(22-2)17(18,19)20/h3-11H,1-2H3/b16-15+. The molecule has 1 atom stereocenters. The summed E-state index contributed by atoms with van der Waals surface area (Å²) >= 11 is 0. The Hall–Kier alpha value is -2.08. The van der Waals surface area contributed by atoms with Crippen LogP contribution in [0.15, 0.2) is 65.3 Å². The van der Waals surface area contributed by atoms with Gasteiger partial charge in [0.2, 0.25) is 5.76 Å². The van der Waals surface area contributed by atoms with Crippen molar-refractivity contribution in [3.63, 3.8) is 0 Å². The number of rotatable bonds is 4. The molecule has 0 aliphatic carbocycles. The van der Waals surface area contributed by atoms with Gasteiger partial charge in [-0.05, 0) is 24.6 Å². The molecule has 0 bridgehead atoms. The third-order valence-corrected chi connectivity index (χ3v) is 4.62. The van der Waals surface area contributed by atoms with Crippen molar-refractivity contribution in [2.75, 3.05) is 7.11 Å². The summed E-state index contributed by atoms with van der Waals surface area (Å²) in [4.78, 5) is -0.0993. The van der Waals surface area contributed by atoms with Gasteiger partial charge in [0.25, 0.3) is 0 Å². The summed E-state index contributed by atoms with van der Waals surface area (Å²) in [6, 6.07) is 14.3. The van der Waals surface area contributed by atoms with Crippen LogP contribution in [0.5, 0.6) is 0 Å². The van der Waals surface area contributed by atoms with E-state index in [-0.39, 0.29) is 15.4 Å². The van der Waals surface area contributed by atoms with Crippen LogP contribution in [0.4, 0.5) is 13.2 Å². The van der Waals surface area contributed by atoms with E-state index in [0.29, 0.717) is 0 Å². The van der Waals surface area contributed by atoms with Crippen LogP contribution in [0.3, 0.4) is 0 Å². The summed E-state index contributed by atoms with van der Waals surface area (Å²) < 4.78 is 57.2. The Morgan fingerprint density at radius 3 is 2.04 bits per heavy atom. The van der Waals surface area contributed by atoms with Crippen LogP contribution in [0.1, 0.15) is 11.1 Å². The maximum atomic E-state index is 13.3. The van der Waals surface area contributed by atoms with E-state index in [1.165, 1.54) is 12.1 Å². The molecule has 0 aliphatic rings. The molecule has 2 rings (SSSR count). The first-order valence-electron chi connectivity index (χ1n) is 6.74. The van der Waals surface area contributed by atoms with Crippen LogP contribution >= 0.6 is 0 Å². The molecular weight excluding hydrogens is 325 g/mol. The van der Waals surface area contributed by atoms with Gasteiger partial charge >= 0.3 is 6.18 Å².